The van der Waals surface area contributed by atoms with Gasteiger partial charge in [-0.25, -0.2) is 0 Å². The van der Waals surface area contributed by atoms with Crippen molar-refractivity contribution in [1.29, 1.82) is 0 Å². The number of pyridine rings is 1. The molecule has 17 heavy (non-hydrogen) atoms. The van der Waals surface area contributed by atoms with Crippen molar-refractivity contribution in [3.05, 3.63) is 42.1 Å². The van der Waals surface area contributed by atoms with E-state index in [0.29, 0.717) is 0 Å². The summed E-state index contributed by atoms with van der Waals surface area (Å²) in [4.78, 5) is 4.60. The van der Waals surface area contributed by atoms with Crippen molar-refractivity contribution >= 4 is 22.5 Å². The van der Waals surface area contributed by atoms with Crippen LogP contribution in [0.25, 0.3) is 10.9 Å². The van der Waals surface area contributed by atoms with E-state index in [1.807, 2.05) is 25.1 Å². The summed E-state index contributed by atoms with van der Waals surface area (Å²) in [6.45, 7) is 3.74. The van der Waals surface area contributed by atoms with Crippen molar-refractivity contribution in [2.75, 3.05) is 6.54 Å². The molecule has 0 saturated carbocycles. The maximum absolute atomic E-state index is 5.88. The fraction of sp³-hybridized carbons (Fsp3) is 0.357. The van der Waals surface area contributed by atoms with Crippen LogP contribution in [-0.4, -0.2) is 16.9 Å². The summed E-state index contributed by atoms with van der Waals surface area (Å²) in [7, 11) is 0. The lowest BCUT2D eigenvalue weighted by Gasteiger charge is -2.06. The first-order valence-electron chi connectivity index (χ1n) is 5.95. The van der Waals surface area contributed by atoms with Gasteiger partial charge in [-0.05, 0) is 32.0 Å². The lowest BCUT2D eigenvalue weighted by Crippen LogP contribution is -2.17. The van der Waals surface area contributed by atoms with Gasteiger partial charge in [-0.3, -0.25) is 4.98 Å². The zero-order chi connectivity index (χ0) is 12.1. The summed E-state index contributed by atoms with van der Waals surface area (Å²) in [6, 6.07) is 12.4. The van der Waals surface area contributed by atoms with Gasteiger partial charge in [0.25, 0.3) is 0 Å². The highest BCUT2D eigenvalue weighted by Gasteiger charge is 1.99. The third-order valence-electron chi connectivity index (χ3n) is 2.68. The Morgan fingerprint density at radius 1 is 1.24 bits per heavy atom. The van der Waals surface area contributed by atoms with E-state index in [1.54, 1.807) is 0 Å². The Labute approximate surface area is 107 Å². The molecule has 2 nitrogen and oxygen atoms in total. The molecule has 2 aromatic rings. The van der Waals surface area contributed by atoms with Crippen LogP contribution in [0.3, 0.4) is 0 Å². The van der Waals surface area contributed by atoms with Crippen molar-refractivity contribution in [2.24, 2.45) is 0 Å². The molecule has 0 bridgehead atoms. The quantitative estimate of drug-likeness (QED) is 0.649. The number of fused-ring (bicyclic) bond motifs is 1. The second-order valence-corrected chi connectivity index (χ2v) is 4.99. The van der Waals surface area contributed by atoms with Gasteiger partial charge in [0, 0.05) is 17.3 Å². The topological polar surface area (TPSA) is 24.9 Å². The minimum Gasteiger partial charge on any atom is -0.311 e. The predicted molar refractivity (Wildman–Crippen MR) is 73.4 cm³/mol. The van der Waals surface area contributed by atoms with E-state index >= 15 is 0 Å². The zero-order valence-electron chi connectivity index (χ0n) is 9.99. The lowest BCUT2D eigenvalue weighted by molar-refractivity contribution is 0.637. The Kier molecular flexibility index (Phi) is 4.35. The first-order chi connectivity index (χ1) is 8.25. The molecule has 1 aromatic carbocycles. The molecule has 0 aliphatic rings. The van der Waals surface area contributed by atoms with E-state index in [-0.39, 0.29) is 5.38 Å². The molecule has 1 unspecified atom stereocenters. The number of halogens is 1. The minimum atomic E-state index is 0.229. The number of rotatable bonds is 5. The smallest absolute Gasteiger partial charge is 0.0705 e. The van der Waals surface area contributed by atoms with Crippen molar-refractivity contribution in [3.63, 3.8) is 0 Å². The number of hydrogen-bond acceptors (Lipinski definition) is 2. The van der Waals surface area contributed by atoms with Gasteiger partial charge in [0.15, 0.2) is 0 Å². The zero-order valence-corrected chi connectivity index (χ0v) is 10.7. The highest BCUT2D eigenvalue weighted by atomic mass is 35.5. The molecule has 0 amide bonds. The highest BCUT2D eigenvalue weighted by molar-refractivity contribution is 6.20. The minimum absolute atomic E-state index is 0.229. The lowest BCUT2D eigenvalue weighted by atomic mass is 10.2. The molecule has 3 heteroatoms. The number of aromatic nitrogens is 1. The molecule has 0 radical (unpaired) electrons. The van der Waals surface area contributed by atoms with Gasteiger partial charge in [0.2, 0.25) is 0 Å². The van der Waals surface area contributed by atoms with Crippen molar-refractivity contribution in [1.82, 2.24) is 10.3 Å². The van der Waals surface area contributed by atoms with Crippen LogP contribution in [0, 0.1) is 0 Å². The highest BCUT2D eigenvalue weighted by Crippen LogP contribution is 2.11. The third kappa shape index (κ3) is 3.69. The fourth-order valence-electron chi connectivity index (χ4n) is 1.72. The molecule has 1 N–H and O–H groups in total. The van der Waals surface area contributed by atoms with Crippen LogP contribution in [0.1, 0.15) is 19.0 Å². The summed E-state index contributed by atoms with van der Waals surface area (Å²) in [6.07, 6.45) is 0.981. The summed E-state index contributed by atoms with van der Waals surface area (Å²) in [5.41, 5.74) is 2.13. The normalized spacial score (nSPS) is 12.8. The van der Waals surface area contributed by atoms with E-state index in [1.165, 1.54) is 5.39 Å². The van der Waals surface area contributed by atoms with Crippen molar-refractivity contribution in [2.45, 2.75) is 25.3 Å². The number of alkyl halides is 1. The van der Waals surface area contributed by atoms with Crippen LogP contribution in [0.5, 0.6) is 0 Å². The number of para-hydroxylation sites is 1. The fourth-order valence-corrected chi connectivity index (χ4v) is 1.83. The average Bonchev–Trinajstić information content (AvgIpc) is 2.34. The van der Waals surface area contributed by atoms with Gasteiger partial charge < -0.3 is 5.32 Å². The van der Waals surface area contributed by atoms with Gasteiger partial charge in [-0.1, -0.05) is 24.3 Å². The summed E-state index contributed by atoms with van der Waals surface area (Å²) in [5, 5.41) is 4.77. The molecule has 0 aliphatic carbocycles. The standard InChI is InChI=1S/C14H17ClN2/c1-11(15)8-9-16-10-13-7-6-12-4-2-3-5-14(12)17-13/h2-7,11,16H,8-10H2,1H3. The van der Waals surface area contributed by atoms with Crippen molar-refractivity contribution < 1.29 is 0 Å². The number of benzene rings is 1. The Morgan fingerprint density at radius 3 is 2.88 bits per heavy atom. The number of hydrogen-bond donors (Lipinski definition) is 1. The maximum atomic E-state index is 5.88. The summed E-state index contributed by atoms with van der Waals surface area (Å²) >= 11 is 5.88. The molecular formula is C14H17ClN2. The molecule has 0 spiro atoms. The van der Waals surface area contributed by atoms with Crippen LogP contribution in [-0.2, 0) is 6.54 Å². The van der Waals surface area contributed by atoms with Crippen molar-refractivity contribution in [3.8, 4) is 0 Å². The van der Waals surface area contributed by atoms with Gasteiger partial charge in [-0.15, -0.1) is 11.6 Å². The van der Waals surface area contributed by atoms with E-state index in [0.717, 1.165) is 30.7 Å². The molecule has 1 atom stereocenters. The van der Waals surface area contributed by atoms with E-state index in [9.17, 15) is 0 Å². The number of nitrogens with zero attached hydrogens (tertiary/aromatic N) is 1. The molecule has 0 fully saturated rings. The largest absolute Gasteiger partial charge is 0.311 e. The van der Waals surface area contributed by atoms with Gasteiger partial charge >= 0.3 is 0 Å². The SMILES string of the molecule is CC(Cl)CCNCc1ccc2ccccc2n1. The van der Waals surface area contributed by atoms with Crippen LogP contribution >= 0.6 is 11.6 Å². The predicted octanol–water partition coefficient (Wildman–Crippen LogP) is 3.34. The monoisotopic (exact) mass is 248 g/mol. The number of nitrogens with one attached hydrogen (secondary N) is 1. The average molecular weight is 249 g/mol. The first kappa shape index (κ1) is 12.3. The summed E-state index contributed by atoms with van der Waals surface area (Å²) < 4.78 is 0. The Balaban J connectivity index is 1.95. The second kappa shape index (κ2) is 5.99. The van der Waals surface area contributed by atoms with E-state index < -0.39 is 0 Å². The molecule has 2 rings (SSSR count). The summed E-state index contributed by atoms with van der Waals surface area (Å²) in [5.74, 6) is 0. The van der Waals surface area contributed by atoms with Gasteiger partial charge in [0.05, 0.1) is 11.2 Å². The first-order valence-corrected chi connectivity index (χ1v) is 6.39. The maximum Gasteiger partial charge on any atom is 0.0705 e. The molecule has 0 saturated heterocycles. The Bertz CT molecular complexity index is 482. The van der Waals surface area contributed by atoms with E-state index in [2.05, 4.69) is 28.5 Å². The Hall–Kier alpha value is -1.12. The van der Waals surface area contributed by atoms with Crippen LogP contribution in [0.2, 0.25) is 0 Å². The molecule has 0 aliphatic heterocycles. The Morgan fingerprint density at radius 2 is 2.06 bits per heavy atom. The van der Waals surface area contributed by atoms with E-state index in [4.69, 9.17) is 11.6 Å². The van der Waals surface area contributed by atoms with Crippen LogP contribution in [0.4, 0.5) is 0 Å². The molecular weight excluding hydrogens is 232 g/mol. The van der Waals surface area contributed by atoms with Crippen LogP contribution in [0.15, 0.2) is 36.4 Å². The van der Waals surface area contributed by atoms with Gasteiger partial charge in [-0.2, -0.15) is 0 Å². The van der Waals surface area contributed by atoms with Crippen LogP contribution < -0.4 is 5.32 Å². The molecule has 90 valence electrons. The molecule has 1 aromatic heterocycles. The third-order valence-corrected chi connectivity index (χ3v) is 2.90. The second-order valence-electron chi connectivity index (χ2n) is 4.24. The van der Waals surface area contributed by atoms with Gasteiger partial charge in [0.1, 0.15) is 0 Å². The molecule has 1 heterocycles.